The molecule has 0 amide bonds. The second-order valence-electron chi connectivity index (χ2n) is 3.90. The quantitative estimate of drug-likeness (QED) is 0.724. The molecule has 0 saturated carbocycles. The van der Waals surface area contributed by atoms with E-state index < -0.39 is 11.6 Å². The monoisotopic (exact) mass is 260 g/mol. The Kier molecular flexibility index (Phi) is 2.75. The second-order valence-corrected chi connectivity index (χ2v) is 3.90. The van der Waals surface area contributed by atoms with Crippen molar-refractivity contribution in [2.24, 2.45) is 0 Å². The first-order chi connectivity index (χ1) is 9.24. The Morgan fingerprint density at radius 3 is 2.79 bits per heavy atom. The molecule has 96 valence electrons. The average Bonchev–Trinajstić information content (AvgIpc) is 3.02. The smallest absolute Gasteiger partial charge is 0.437 e. The molecular weight excluding hydrogens is 251 g/mol. The summed E-state index contributed by atoms with van der Waals surface area (Å²) in [4.78, 5) is 11.6. The molecule has 5 nitrogen and oxygen atoms in total. The average molecular weight is 260 g/mol. The predicted molar refractivity (Wildman–Crippen MR) is 64.0 cm³/mol. The minimum absolute atomic E-state index is 0.00964. The van der Waals surface area contributed by atoms with Gasteiger partial charge in [0.2, 0.25) is 0 Å². The summed E-state index contributed by atoms with van der Waals surface area (Å²) >= 11 is 0. The van der Waals surface area contributed by atoms with Crippen LogP contribution in [0.5, 0.6) is 0 Å². The summed E-state index contributed by atoms with van der Waals surface area (Å²) < 4.78 is 24.6. The lowest BCUT2D eigenvalue weighted by molar-refractivity contribution is 0.474. The molecule has 2 heterocycles. The fourth-order valence-electron chi connectivity index (χ4n) is 1.69. The molecule has 0 spiro atoms. The highest BCUT2D eigenvalue weighted by Crippen LogP contribution is 2.15. The molecule has 0 atom stereocenters. The summed E-state index contributed by atoms with van der Waals surface area (Å²) in [7, 11) is 0. The van der Waals surface area contributed by atoms with E-state index in [1.54, 1.807) is 30.3 Å². The number of halogens is 1. The third-order valence-electron chi connectivity index (χ3n) is 2.62. The molecule has 6 heteroatoms. The van der Waals surface area contributed by atoms with Gasteiger partial charge in [-0.25, -0.2) is 9.18 Å². The molecule has 3 aromatic rings. The summed E-state index contributed by atoms with van der Waals surface area (Å²) in [5.74, 6) is -0.623. The number of hydrogen-bond donors (Lipinski definition) is 0. The maximum absolute atomic E-state index is 13.5. The third-order valence-corrected chi connectivity index (χ3v) is 2.62. The zero-order valence-electron chi connectivity index (χ0n) is 9.75. The van der Waals surface area contributed by atoms with Gasteiger partial charge in [-0.05, 0) is 18.2 Å². The summed E-state index contributed by atoms with van der Waals surface area (Å²) in [5, 5.41) is 3.97. The summed E-state index contributed by atoms with van der Waals surface area (Å²) in [5.41, 5.74) is 0.365. The molecule has 0 N–H and O–H groups in total. The third kappa shape index (κ3) is 2.20. The van der Waals surface area contributed by atoms with Crippen LogP contribution in [0.4, 0.5) is 4.39 Å². The van der Waals surface area contributed by atoms with Crippen molar-refractivity contribution < 1.29 is 13.2 Å². The van der Waals surface area contributed by atoms with Gasteiger partial charge in [0.25, 0.3) is 5.89 Å². The van der Waals surface area contributed by atoms with Crippen molar-refractivity contribution >= 4 is 0 Å². The molecule has 2 aromatic heterocycles. The lowest BCUT2D eigenvalue weighted by Crippen LogP contribution is -2.17. The van der Waals surface area contributed by atoms with Crippen LogP contribution in [0.15, 0.2) is 56.3 Å². The highest BCUT2D eigenvalue weighted by atomic mass is 19.1. The van der Waals surface area contributed by atoms with Crippen LogP contribution in [0.2, 0.25) is 0 Å². The highest BCUT2D eigenvalue weighted by molar-refractivity contribution is 5.42. The van der Waals surface area contributed by atoms with E-state index in [1.165, 1.54) is 12.3 Å². The van der Waals surface area contributed by atoms with Gasteiger partial charge in [-0.1, -0.05) is 18.2 Å². The Morgan fingerprint density at radius 2 is 2.05 bits per heavy atom. The van der Waals surface area contributed by atoms with E-state index in [1.807, 2.05) is 0 Å². The molecule has 0 unspecified atom stereocenters. The Labute approximate surface area is 106 Å². The molecule has 0 radical (unpaired) electrons. The van der Waals surface area contributed by atoms with Crippen LogP contribution in [0.25, 0.3) is 11.7 Å². The van der Waals surface area contributed by atoms with Gasteiger partial charge in [0, 0.05) is 5.56 Å². The van der Waals surface area contributed by atoms with Gasteiger partial charge in [0.05, 0.1) is 12.8 Å². The van der Waals surface area contributed by atoms with Crippen molar-refractivity contribution in [3.8, 4) is 11.7 Å². The molecule has 3 rings (SSSR count). The van der Waals surface area contributed by atoms with Crippen molar-refractivity contribution in [2.45, 2.75) is 6.54 Å². The van der Waals surface area contributed by atoms with Crippen LogP contribution in [-0.2, 0) is 6.54 Å². The first-order valence-corrected chi connectivity index (χ1v) is 5.59. The number of nitrogens with zero attached hydrogens (tertiary/aromatic N) is 2. The molecule has 0 aliphatic heterocycles. The minimum atomic E-state index is -0.658. The van der Waals surface area contributed by atoms with E-state index >= 15 is 0 Å². The normalized spacial score (nSPS) is 10.8. The van der Waals surface area contributed by atoms with Gasteiger partial charge >= 0.3 is 5.76 Å². The van der Waals surface area contributed by atoms with Crippen molar-refractivity contribution in [3.05, 3.63) is 64.6 Å². The summed E-state index contributed by atoms with van der Waals surface area (Å²) in [6.07, 6.45) is 1.45. The van der Waals surface area contributed by atoms with E-state index in [2.05, 4.69) is 5.10 Å². The highest BCUT2D eigenvalue weighted by Gasteiger charge is 2.13. The number of benzene rings is 1. The molecule has 0 saturated heterocycles. The lowest BCUT2D eigenvalue weighted by atomic mass is 10.2. The van der Waals surface area contributed by atoms with E-state index in [9.17, 15) is 9.18 Å². The molecule has 19 heavy (non-hydrogen) atoms. The van der Waals surface area contributed by atoms with Crippen molar-refractivity contribution in [1.29, 1.82) is 0 Å². The first-order valence-electron chi connectivity index (χ1n) is 5.59. The Hall–Kier alpha value is -2.63. The Morgan fingerprint density at radius 1 is 1.21 bits per heavy atom. The van der Waals surface area contributed by atoms with Gasteiger partial charge in [-0.3, -0.25) is 0 Å². The first kappa shape index (κ1) is 11.5. The van der Waals surface area contributed by atoms with E-state index in [0.717, 1.165) is 4.68 Å². The maximum Gasteiger partial charge on any atom is 0.437 e. The Balaban J connectivity index is 1.95. The molecular formula is C13H9FN2O3. The van der Waals surface area contributed by atoms with Gasteiger partial charge < -0.3 is 8.83 Å². The molecule has 0 bridgehead atoms. The molecule has 1 aromatic carbocycles. The van der Waals surface area contributed by atoms with Gasteiger partial charge in [-0.2, -0.15) is 4.68 Å². The number of rotatable bonds is 3. The summed E-state index contributed by atoms with van der Waals surface area (Å²) in [6.45, 7) is 0.00964. The van der Waals surface area contributed by atoms with Crippen molar-refractivity contribution in [1.82, 2.24) is 9.78 Å². The van der Waals surface area contributed by atoms with Gasteiger partial charge in [0.15, 0.2) is 5.76 Å². The minimum Gasteiger partial charge on any atom is -0.459 e. The fraction of sp³-hybridized carbons (Fsp3) is 0.0769. The SMILES string of the molecule is O=c1oc(-c2ccco2)nn1Cc1ccccc1F. The fourth-order valence-corrected chi connectivity index (χ4v) is 1.69. The number of hydrogen-bond acceptors (Lipinski definition) is 4. The van der Waals surface area contributed by atoms with Crippen LogP contribution >= 0.6 is 0 Å². The van der Waals surface area contributed by atoms with E-state index in [4.69, 9.17) is 8.83 Å². The zero-order chi connectivity index (χ0) is 13.2. The predicted octanol–water partition coefficient (Wildman–Crippen LogP) is 2.28. The van der Waals surface area contributed by atoms with Crippen LogP contribution < -0.4 is 5.76 Å². The van der Waals surface area contributed by atoms with Crippen LogP contribution in [-0.4, -0.2) is 9.78 Å². The van der Waals surface area contributed by atoms with Crippen molar-refractivity contribution in [2.75, 3.05) is 0 Å². The standard InChI is InChI=1S/C13H9FN2O3/c14-10-5-2-1-4-9(10)8-16-13(17)19-12(15-16)11-6-3-7-18-11/h1-7H,8H2. The van der Waals surface area contributed by atoms with Crippen LogP contribution in [0.1, 0.15) is 5.56 Å². The topological polar surface area (TPSA) is 61.2 Å². The van der Waals surface area contributed by atoms with Gasteiger partial charge in [0.1, 0.15) is 5.82 Å². The van der Waals surface area contributed by atoms with Gasteiger partial charge in [-0.15, -0.1) is 5.10 Å². The molecule has 0 aliphatic rings. The maximum atomic E-state index is 13.5. The van der Waals surface area contributed by atoms with Crippen molar-refractivity contribution in [3.63, 3.8) is 0 Å². The van der Waals surface area contributed by atoms with Crippen LogP contribution in [0.3, 0.4) is 0 Å². The second kappa shape index (κ2) is 4.56. The van der Waals surface area contributed by atoms with E-state index in [-0.39, 0.29) is 12.4 Å². The zero-order valence-corrected chi connectivity index (χ0v) is 9.75. The largest absolute Gasteiger partial charge is 0.459 e. The number of aromatic nitrogens is 2. The number of furan rings is 1. The van der Waals surface area contributed by atoms with Crippen LogP contribution in [0, 0.1) is 5.82 Å². The molecule has 0 aliphatic carbocycles. The van der Waals surface area contributed by atoms with E-state index in [0.29, 0.717) is 11.3 Å². The Bertz CT molecular complexity index is 743. The molecule has 0 fully saturated rings. The summed E-state index contributed by atoms with van der Waals surface area (Å²) in [6, 6.07) is 9.47. The lowest BCUT2D eigenvalue weighted by Gasteiger charge is -2.00.